The van der Waals surface area contributed by atoms with Crippen molar-refractivity contribution in [2.45, 2.75) is 149 Å². The minimum Gasteiger partial charge on any atom is -1.00 e. The molecule has 238 valence electrons. The van der Waals surface area contributed by atoms with E-state index >= 15 is 0 Å². The Morgan fingerprint density at radius 2 is 1.03 bits per heavy atom. The van der Waals surface area contributed by atoms with Crippen LogP contribution in [-0.2, 0) is 17.4 Å². The van der Waals surface area contributed by atoms with E-state index in [1.54, 1.807) is 13.8 Å². The maximum Gasteiger partial charge on any atom is 0.669 e. The van der Waals surface area contributed by atoms with Crippen LogP contribution in [0.3, 0.4) is 0 Å². The third kappa shape index (κ3) is 21.8. The molecule has 0 aliphatic rings. The topological polar surface area (TPSA) is 77.4 Å². The van der Waals surface area contributed by atoms with E-state index in [4.69, 9.17) is 17.4 Å². The van der Waals surface area contributed by atoms with Gasteiger partial charge in [-0.2, -0.15) is 0 Å². The molecule has 2 unspecified atom stereocenters. The first kappa shape index (κ1) is 41.6. The van der Waals surface area contributed by atoms with Crippen LogP contribution in [0.25, 0.3) is 0 Å². The minimum atomic E-state index is -3.90. The summed E-state index contributed by atoms with van der Waals surface area (Å²) in [6.45, 7) is 11.7. The van der Waals surface area contributed by atoms with E-state index in [0.717, 1.165) is 17.4 Å². The van der Waals surface area contributed by atoms with Gasteiger partial charge in [0.25, 0.3) is 0 Å². The summed E-state index contributed by atoms with van der Waals surface area (Å²) in [7, 11) is -2.98. The quantitative estimate of drug-likeness (QED) is 0.0780. The van der Waals surface area contributed by atoms with Crippen LogP contribution in [-0.4, -0.2) is 78.4 Å². The Bertz CT molecular complexity index is 544. The van der Waals surface area contributed by atoms with Crippen LogP contribution in [0, 0.1) is 0 Å². The van der Waals surface area contributed by atoms with Gasteiger partial charge in [0.15, 0.2) is 0 Å². The van der Waals surface area contributed by atoms with Gasteiger partial charge in [-0.25, -0.2) is 0 Å². The summed E-state index contributed by atoms with van der Waals surface area (Å²) in [5.41, 5.74) is 0. The predicted molar refractivity (Wildman–Crippen MR) is 163 cm³/mol. The molecule has 0 heterocycles. The number of rotatable bonds is 28. The maximum atomic E-state index is 11.1. The van der Waals surface area contributed by atoms with E-state index in [0.29, 0.717) is 18.7 Å². The summed E-state index contributed by atoms with van der Waals surface area (Å²) in [4.78, 5) is 21.7. The Morgan fingerprint density at radius 1 is 0.615 bits per heavy atom. The fraction of sp³-hybridized carbons (Fsp3) is 1.00. The molecule has 0 aliphatic heterocycles. The highest BCUT2D eigenvalue weighted by atomic mass is 35.5. The number of nitrogens with zero attached hydrogens (tertiary/aromatic N) is 1. The number of halogens is 1. The number of unbranched alkanes of at least 4 members (excludes halogenated alkanes) is 13. The van der Waals surface area contributed by atoms with E-state index < -0.39 is 17.9 Å². The van der Waals surface area contributed by atoms with Crippen LogP contribution >= 0.6 is 0 Å². The molecule has 2 atom stereocenters. The molecule has 0 fully saturated rings. The number of hydrogen-bond donors (Lipinski definition) is 2. The lowest BCUT2D eigenvalue weighted by molar-refractivity contribution is -0.913. The van der Waals surface area contributed by atoms with Crippen molar-refractivity contribution in [1.82, 2.24) is 0 Å². The monoisotopic (exact) mass is 615 g/mol. The summed E-state index contributed by atoms with van der Waals surface area (Å²) in [6.07, 6.45) is 21.4. The fourth-order valence-electron chi connectivity index (χ4n) is 4.96. The van der Waals surface area contributed by atoms with Gasteiger partial charge in [-0.05, 0) is 40.5 Å². The zero-order chi connectivity index (χ0) is 28.8. The molecule has 0 aromatic rings. The third-order valence-electron chi connectivity index (χ3n) is 7.71. The standard InChI is InChI=1S/C29H66NO6Si2.ClH/c1-8-12-13-14-15-16-17-18-19-20-21-22-23-24-26-29(5)30(6,7)27-25-28-37(31,33-9-2)36-38(32,34-10-3)35-11-4;/h29,31-32H,8-28H2,1-7H3;1H/q+1;/p-1. The first-order chi connectivity index (χ1) is 18.1. The van der Waals surface area contributed by atoms with Crippen molar-refractivity contribution in [2.75, 3.05) is 40.5 Å². The summed E-state index contributed by atoms with van der Waals surface area (Å²) in [6, 6.07) is 0.928. The van der Waals surface area contributed by atoms with Crippen LogP contribution in [0.15, 0.2) is 0 Å². The van der Waals surface area contributed by atoms with E-state index in [-0.39, 0.29) is 25.6 Å². The van der Waals surface area contributed by atoms with Gasteiger partial charge in [-0.1, -0.05) is 90.4 Å². The third-order valence-corrected chi connectivity index (χ3v) is 13.0. The molecule has 39 heavy (non-hydrogen) atoms. The molecule has 7 nitrogen and oxygen atoms in total. The lowest BCUT2D eigenvalue weighted by Gasteiger charge is -2.37. The van der Waals surface area contributed by atoms with Gasteiger partial charge < -0.3 is 43.9 Å². The van der Waals surface area contributed by atoms with Crippen molar-refractivity contribution in [3.8, 4) is 0 Å². The number of hydrogen-bond acceptors (Lipinski definition) is 6. The maximum absolute atomic E-state index is 11.1. The second-order valence-corrected chi connectivity index (χ2v) is 16.1. The largest absolute Gasteiger partial charge is 1.00 e. The second kappa shape index (κ2) is 25.0. The van der Waals surface area contributed by atoms with Crippen molar-refractivity contribution in [3.63, 3.8) is 0 Å². The van der Waals surface area contributed by atoms with Crippen LogP contribution in [0.2, 0.25) is 6.04 Å². The van der Waals surface area contributed by atoms with Gasteiger partial charge in [0, 0.05) is 32.3 Å². The van der Waals surface area contributed by atoms with Gasteiger partial charge in [-0.3, -0.25) is 0 Å². The lowest BCUT2D eigenvalue weighted by atomic mass is 10.0. The zero-order valence-electron chi connectivity index (χ0n) is 26.8. The smallest absolute Gasteiger partial charge is 0.669 e. The Balaban J connectivity index is 0. The molecule has 0 radical (unpaired) electrons. The first-order valence-electron chi connectivity index (χ1n) is 16.0. The Morgan fingerprint density at radius 3 is 1.44 bits per heavy atom. The van der Waals surface area contributed by atoms with Crippen molar-refractivity contribution in [1.29, 1.82) is 0 Å². The van der Waals surface area contributed by atoms with Gasteiger partial charge in [0.05, 0.1) is 26.7 Å². The zero-order valence-corrected chi connectivity index (χ0v) is 29.5. The van der Waals surface area contributed by atoms with E-state index in [1.165, 1.54) is 96.3 Å². The molecule has 0 saturated carbocycles. The van der Waals surface area contributed by atoms with Crippen molar-refractivity contribution >= 4 is 17.9 Å². The molecule has 0 spiro atoms. The Labute approximate surface area is 251 Å². The van der Waals surface area contributed by atoms with Gasteiger partial charge in [0.2, 0.25) is 0 Å². The summed E-state index contributed by atoms with van der Waals surface area (Å²) < 4.78 is 22.9. The van der Waals surface area contributed by atoms with Crippen LogP contribution in [0.5, 0.6) is 0 Å². The Hall–Kier alpha value is 0.444. The molecule has 0 bridgehead atoms. The first-order valence-corrected chi connectivity index (χ1v) is 19.6. The molecule has 0 saturated heterocycles. The average Bonchev–Trinajstić information content (AvgIpc) is 2.84. The molecule has 0 rings (SSSR count). The normalized spacial score (nSPS) is 14.7. The number of quaternary nitrogens is 1. The van der Waals surface area contributed by atoms with Crippen molar-refractivity contribution in [3.05, 3.63) is 0 Å². The highest BCUT2D eigenvalue weighted by Crippen LogP contribution is 2.22. The van der Waals surface area contributed by atoms with Gasteiger partial charge >= 0.3 is 17.9 Å². The molecule has 0 aromatic carbocycles. The van der Waals surface area contributed by atoms with E-state index in [2.05, 4.69) is 27.9 Å². The van der Waals surface area contributed by atoms with Gasteiger partial charge in [0.1, 0.15) is 0 Å². The van der Waals surface area contributed by atoms with Crippen molar-refractivity contribution in [2.24, 2.45) is 0 Å². The summed E-state index contributed by atoms with van der Waals surface area (Å²) >= 11 is 0. The van der Waals surface area contributed by atoms with Crippen molar-refractivity contribution < 1.29 is 43.9 Å². The minimum absolute atomic E-state index is 0. The summed E-state index contributed by atoms with van der Waals surface area (Å²) in [5, 5.41) is 0. The van der Waals surface area contributed by atoms with Crippen LogP contribution in [0.4, 0.5) is 0 Å². The van der Waals surface area contributed by atoms with E-state index in [9.17, 15) is 9.59 Å². The molecular formula is C29H66ClNO6Si2. The molecular weight excluding hydrogens is 550 g/mol. The predicted octanol–water partition coefficient (Wildman–Crippen LogP) is 4.20. The molecule has 2 N–H and O–H groups in total. The highest BCUT2D eigenvalue weighted by Gasteiger charge is 2.52. The van der Waals surface area contributed by atoms with E-state index in [1.807, 2.05) is 6.92 Å². The second-order valence-electron chi connectivity index (χ2n) is 11.5. The average molecular weight is 616 g/mol. The SMILES string of the molecule is CCCCCCCCCCCCCCCCC(C)[N+](C)(C)CCC[Si](O)(OCC)O[Si](O)(OCC)OCC.[Cl-]. The highest BCUT2D eigenvalue weighted by molar-refractivity contribution is 6.70. The summed E-state index contributed by atoms with van der Waals surface area (Å²) in [5.74, 6) is 0. The van der Waals surface area contributed by atoms with Crippen LogP contribution in [0.1, 0.15) is 137 Å². The van der Waals surface area contributed by atoms with Crippen LogP contribution < -0.4 is 12.4 Å². The molecule has 0 amide bonds. The molecule has 0 aromatic heterocycles. The van der Waals surface area contributed by atoms with Gasteiger partial charge in [-0.15, -0.1) is 0 Å². The molecule has 0 aliphatic carbocycles. The lowest BCUT2D eigenvalue weighted by Crippen LogP contribution is -3.00. The molecule has 10 heteroatoms. The fourth-order valence-corrected chi connectivity index (χ4v) is 9.70. The Kier molecular flexibility index (Phi) is 26.6.